The Morgan fingerprint density at radius 1 is 1.35 bits per heavy atom. The van der Waals surface area contributed by atoms with Gasteiger partial charge in [-0.05, 0) is 25.0 Å². The van der Waals surface area contributed by atoms with Gasteiger partial charge in [-0.1, -0.05) is 0 Å². The Hall–Kier alpha value is -2.15. The van der Waals surface area contributed by atoms with Crippen LogP contribution >= 0.6 is 0 Å². The SMILES string of the molecule is c1coc(CNc2nncc(NCC3CCCO3)n2)c1. The van der Waals surface area contributed by atoms with Gasteiger partial charge in [-0.2, -0.15) is 10.1 Å². The van der Waals surface area contributed by atoms with Crippen LogP contribution in [0.1, 0.15) is 18.6 Å². The Morgan fingerprint density at radius 3 is 3.15 bits per heavy atom. The Balaban J connectivity index is 1.52. The molecule has 1 aliphatic rings. The van der Waals surface area contributed by atoms with Crippen LogP contribution < -0.4 is 10.6 Å². The lowest BCUT2D eigenvalue weighted by molar-refractivity contribution is 0.120. The van der Waals surface area contributed by atoms with Crippen molar-refractivity contribution in [3.8, 4) is 0 Å². The second-order valence-electron chi connectivity index (χ2n) is 4.61. The van der Waals surface area contributed by atoms with Crippen molar-refractivity contribution in [2.75, 3.05) is 23.8 Å². The molecule has 0 amide bonds. The zero-order valence-corrected chi connectivity index (χ0v) is 11.1. The normalized spacial score (nSPS) is 18.1. The second-order valence-corrected chi connectivity index (χ2v) is 4.61. The van der Waals surface area contributed by atoms with Crippen molar-refractivity contribution in [3.63, 3.8) is 0 Å². The number of hydrogen-bond donors (Lipinski definition) is 2. The average Bonchev–Trinajstić information content (AvgIpc) is 3.17. The van der Waals surface area contributed by atoms with Gasteiger partial charge in [0.2, 0.25) is 5.95 Å². The van der Waals surface area contributed by atoms with Gasteiger partial charge in [-0.3, -0.25) is 0 Å². The molecule has 0 bridgehead atoms. The number of furan rings is 1. The molecule has 0 radical (unpaired) electrons. The fourth-order valence-electron chi connectivity index (χ4n) is 2.07. The molecule has 3 heterocycles. The van der Waals surface area contributed by atoms with Gasteiger partial charge in [0, 0.05) is 13.2 Å². The van der Waals surface area contributed by atoms with Crippen LogP contribution in [-0.4, -0.2) is 34.4 Å². The van der Waals surface area contributed by atoms with Gasteiger partial charge in [0.25, 0.3) is 0 Å². The zero-order chi connectivity index (χ0) is 13.6. The largest absolute Gasteiger partial charge is 0.467 e. The molecule has 1 unspecified atom stereocenters. The summed E-state index contributed by atoms with van der Waals surface area (Å²) in [5.74, 6) is 1.99. The topological polar surface area (TPSA) is 85.1 Å². The highest BCUT2D eigenvalue weighted by atomic mass is 16.5. The molecule has 2 aromatic heterocycles. The molecular weight excluding hydrogens is 258 g/mol. The number of ether oxygens (including phenoxy) is 1. The quantitative estimate of drug-likeness (QED) is 0.829. The van der Waals surface area contributed by atoms with Crippen molar-refractivity contribution in [1.82, 2.24) is 15.2 Å². The van der Waals surface area contributed by atoms with E-state index in [0.717, 1.165) is 31.8 Å². The van der Waals surface area contributed by atoms with E-state index in [-0.39, 0.29) is 6.10 Å². The first kappa shape index (κ1) is 12.9. The van der Waals surface area contributed by atoms with Crippen LogP contribution in [0.5, 0.6) is 0 Å². The fraction of sp³-hybridized carbons (Fsp3) is 0.462. The third-order valence-electron chi connectivity index (χ3n) is 3.09. The van der Waals surface area contributed by atoms with Crippen molar-refractivity contribution < 1.29 is 9.15 Å². The van der Waals surface area contributed by atoms with E-state index in [1.54, 1.807) is 12.5 Å². The predicted molar refractivity (Wildman–Crippen MR) is 73.3 cm³/mol. The molecule has 7 nitrogen and oxygen atoms in total. The van der Waals surface area contributed by atoms with Gasteiger partial charge in [0.15, 0.2) is 5.82 Å². The Morgan fingerprint density at radius 2 is 2.35 bits per heavy atom. The smallest absolute Gasteiger partial charge is 0.245 e. The molecule has 0 saturated carbocycles. The van der Waals surface area contributed by atoms with E-state index in [2.05, 4.69) is 25.8 Å². The first-order valence-electron chi connectivity index (χ1n) is 6.71. The van der Waals surface area contributed by atoms with Crippen molar-refractivity contribution >= 4 is 11.8 Å². The number of anilines is 2. The van der Waals surface area contributed by atoms with Crippen molar-refractivity contribution in [3.05, 3.63) is 30.4 Å². The Kier molecular flexibility index (Phi) is 4.07. The minimum absolute atomic E-state index is 0.268. The van der Waals surface area contributed by atoms with Crippen LogP contribution in [-0.2, 0) is 11.3 Å². The van der Waals surface area contributed by atoms with Crippen LogP contribution in [0.25, 0.3) is 0 Å². The van der Waals surface area contributed by atoms with E-state index in [9.17, 15) is 0 Å². The highest BCUT2D eigenvalue weighted by Gasteiger charge is 2.15. The zero-order valence-electron chi connectivity index (χ0n) is 11.1. The van der Waals surface area contributed by atoms with Gasteiger partial charge >= 0.3 is 0 Å². The lowest BCUT2D eigenvalue weighted by atomic mass is 10.2. The molecule has 106 valence electrons. The van der Waals surface area contributed by atoms with E-state index in [1.807, 2.05) is 12.1 Å². The maximum Gasteiger partial charge on any atom is 0.245 e. The summed E-state index contributed by atoms with van der Waals surface area (Å²) in [6.45, 7) is 2.13. The van der Waals surface area contributed by atoms with Crippen LogP contribution in [0.4, 0.5) is 11.8 Å². The van der Waals surface area contributed by atoms with Gasteiger partial charge < -0.3 is 19.8 Å². The summed E-state index contributed by atoms with van der Waals surface area (Å²) in [4.78, 5) is 4.34. The number of rotatable bonds is 6. The molecule has 20 heavy (non-hydrogen) atoms. The lowest BCUT2D eigenvalue weighted by Gasteiger charge is -2.11. The fourth-order valence-corrected chi connectivity index (χ4v) is 2.07. The second kappa shape index (κ2) is 6.33. The maximum atomic E-state index is 5.55. The summed E-state index contributed by atoms with van der Waals surface area (Å²) in [5.41, 5.74) is 0. The van der Waals surface area contributed by atoms with Gasteiger partial charge in [0.05, 0.1) is 25.1 Å². The molecule has 7 heteroatoms. The standard InChI is InChI=1S/C13H17N5O2/c1-3-10(19-5-1)7-14-12-9-16-18-13(17-12)15-8-11-4-2-6-20-11/h2,4,6,9-10H,1,3,5,7-8H2,(H2,14,15,17,18). The van der Waals surface area contributed by atoms with E-state index in [0.29, 0.717) is 18.3 Å². The molecule has 1 aliphatic heterocycles. The Bertz CT molecular complexity index is 525. The first-order chi connectivity index (χ1) is 9.90. The van der Waals surface area contributed by atoms with Crippen molar-refractivity contribution in [1.29, 1.82) is 0 Å². The van der Waals surface area contributed by atoms with E-state index < -0.39 is 0 Å². The lowest BCUT2D eigenvalue weighted by Crippen LogP contribution is -2.19. The highest BCUT2D eigenvalue weighted by molar-refractivity contribution is 5.37. The third kappa shape index (κ3) is 3.45. The highest BCUT2D eigenvalue weighted by Crippen LogP contribution is 2.13. The van der Waals surface area contributed by atoms with Crippen molar-refractivity contribution in [2.45, 2.75) is 25.5 Å². The van der Waals surface area contributed by atoms with Gasteiger partial charge in [0.1, 0.15) is 5.76 Å². The molecule has 1 saturated heterocycles. The van der Waals surface area contributed by atoms with Gasteiger partial charge in [-0.15, -0.1) is 5.10 Å². The third-order valence-corrected chi connectivity index (χ3v) is 3.09. The Labute approximate surface area is 116 Å². The molecule has 1 atom stereocenters. The van der Waals surface area contributed by atoms with Crippen molar-refractivity contribution in [2.24, 2.45) is 0 Å². The number of hydrogen-bond acceptors (Lipinski definition) is 7. The summed E-state index contributed by atoms with van der Waals surface area (Å²) >= 11 is 0. The summed E-state index contributed by atoms with van der Waals surface area (Å²) < 4.78 is 10.8. The molecule has 3 rings (SSSR count). The molecular formula is C13H17N5O2. The monoisotopic (exact) mass is 275 g/mol. The van der Waals surface area contributed by atoms with E-state index in [1.165, 1.54) is 0 Å². The van der Waals surface area contributed by atoms with Crippen LogP contribution in [0.15, 0.2) is 29.0 Å². The minimum Gasteiger partial charge on any atom is -0.467 e. The van der Waals surface area contributed by atoms with Crippen LogP contribution in [0, 0.1) is 0 Å². The van der Waals surface area contributed by atoms with E-state index >= 15 is 0 Å². The summed E-state index contributed by atoms with van der Waals surface area (Å²) in [5, 5.41) is 14.1. The summed E-state index contributed by atoms with van der Waals surface area (Å²) in [6, 6.07) is 3.73. The van der Waals surface area contributed by atoms with Gasteiger partial charge in [-0.25, -0.2) is 0 Å². The minimum atomic E-state index is 0.268. The number of nitrogens with zero attached hydrogens (tertiary/aromatic N) is 3. The first-order valence-corrected chi connectivity index (χ1v) is 6.71. The molecule has 2 N–H and O–H groups in total. The summed E-state index contributed by atoms with van der Waals surface area (Å²) in [7, 11) is 0. The molecule has 0 spiro atoms. The maximum absolute atomic E-state index is 5.55. The molecule has 1 fully saturated rings. The average molecular weight is 275 g/mol. The molecule has 2 aromatic rings. The molecule has 0 aromatic carbocycles. The summed E-state index contributed by atoms with van der Waals surface area (Å²) in [6.07, 6.45) is 5.73. The van der Waals surface area contributed by atoms with E-state index in [4.69, 9.17) is 9.15 Å². The predicted octanol–water partition coefficient (Wildman–Crippen LogP) is 1.67. The van der Waals surface area contributed by atoms with Crippen LogP contribution in [0.3, 0.4) is 0 Å². The number of nitrogens with one attached hydrogen (secondary N) is 2. The number of aromatic nitrogens is 3. The molecule has 0 aliphatic carbocycles. The van der Waals surface area contributed by atoms with Crippen LogP contribution in [0.2, 0.25) is 0 Å².